The predicted molar refractivity (Wildman–Crippen MR) is 84.6 cm³/mol. The zero-order chi connectivity index (χ0) is 17.1. The Morgan fingerprint density at radius 2 is 2.00 bits per heavy atom. The minimum Gasteiger partial charge on any atom is -0.314 e. The third-order valence-electron chi connectivity index (χ3n) is 3.69. The van der Waals surface area contributed by atoms with Gasteiger partial charge in [0.25, 0.3) is 10.0 Å². The molecule has 7 nitrogen and oxygen atoms in total. The zero-order valence-corrected chi connectivity index (χ0v) is 14.7. The van der Waals surface area contributed by atoms with Gasteiger partial charge in [0.05, 0.1) is 6.20 Å². The van der Waals surface area contributed by atoms with E-state index in [1.54, 1.807) is 6.92 Å². The number of nitrogens with zero attached hydrogens (tertiary/aromatic N) is 3. The monoisotopic (exact) mass is 391 g/mol. The van der Waals surface area contributed by atoms with E-state index in [1.807, 2.05) is 0 Å². The van der Waals surface area contributed by atoms with E-state index >= 15 is 0 Å². The van der Waals surface area contributed by atoms with Crippen molar-refractivity contribution in [3.8, 4) is 0 Å². The molecule has 1 aliphatic heterocycles. The number of aryl methyl sites for hydroxylation is 1. The summed E-state index contributed by atoms with van der Waals surface area (Å²) in [5.74, 6) is 0. The molecule has 2 rings (SSSR count). The van der Waals surface area contributed by atoms with E-state index in [9.17, 15) is 21.6 Å². The van der Waals surface area contributed by atoms with Crippen molar-refractivity contribution < 1.29 is 21.6 Å². The van der Waals surface area contributed by atoms with Gasteiger partial charge in [0.15, 0.2) is 5.03 Å². The van der Waals surface area contributed by atoms with Crippen LogP contribution in [-0.2, 0) is 16.6 Å². The molecule has 0 spiro atoms. The number of piperazine rings is 1. The van der Waals surface area contributed by atoms with E-state index < -0.39 is 28.8 Å². The lowest BCUT2D eigenvalue weighted by Gasteiger charge is -2.35. The van der Waals surface area contributed by atoms with Crippen molar-refractivity contribution in [3.63, 3.8) is 0 Å². The van der Waals surface area contributed by atoms with Gasteiger partial charge in [-0.05, 0) is 13.0 Å². The van der Waals surface area contributed by atoms with Crippen LogP contribution in [0.1, 0.15) is 6.92 Å². The zero-order valence-electron chi connectivity index (χ0n) is 13.1. The Hall–Kier alpha value is -0.880. The highest BCUT2D eigenvalue weighted by molar-refractivity contribution is 7.89. The summed E-state index contributed by atoms with van der Waals surface area (Å²) in [6, 6.07) is -0.587. The van der Waals surface area contributed by atoms with Gasteiger partial charge >= 0.3 is 6.18 Å². The van der Waals surface area contributed by atoms with Gasteiger partial charge in [-0.1, -0.05) is 0 Å². The second-order valence-electron chi connectivity index (χ2n) is 5.18. The molecule has 1 aliphatic rings. The fraction of sp³-hybridized carbons (Fsp3) is 0.750. The van der Waals surface area contributed by atoms with E-state index in [1.165, 1.54) is 21.8 Å². The maximum Gasteiger partial charge on any atom is 0.405 e. The third-order valence-corrected chi connectivity index (χ3v) is 5.13. The second-order valence-corrected chi connectivity index (χ2v) is 6.89. The van der Waals surface area contributed by atoms with E-state index in [0.717, 1.165) is 0 Å². The SMILES string of the molecule is CCn1nccc1S(=O)(=O)NCC(N1CCNCC1)C(F)(F)F.Cl. The maximum atomic E-state index is 13.3. The van der Waals surface area contributed by atoms with Crippen LogP contribution >= 0.6 is 12.4 Å². The second kappa shape index (κ2) is 8.48. The molecule has 0 saturated carbocycles. The van der Waals surface area contributed by atoms with Crippen molar-refractivity contribution >= 4 is 22.4 Å². The molecule has 0 aliphatic carbocycles. The molecule has 12 heteroatoms. The molecule has 1 fully saturated rings. The standard InChI is InChI=1S/C12H20F3N5O2S.ClH/c1-2-20-11(3-4-17-20)23(21,22)18-9-10(12(13,14)15)19-7-5-16-6-8-19;/h3-4,10,16,18H,2,5-9H2,1H3;1H. The number of alkyl halides is 3. The maximum absolute atomic E-state index is 13.3. The average Bonchev–Trinajstić information content (AvgIpc) is 2.96. The van der Waals surface area contributed by atoms with E-state index in [0.29, 0.717) is 19.6 Å². The summed E-state index contributed by atoms with van der Waals surface area (Å²) >= 11 is 0. The number of hydrogen-bond donors (Lipinski definition) is 2. The molecule has 1 atom stereocenters. The van der Waals surface area contributed by atoms with Gasteiger partial charge in [-0.15, -0.1) is 12.4 Å². The van der Waals surface area contributed by atoms with Crippen LogP contribution in [0.5, 0.6) is 0 Å². The van der Waals surface area contributed by atoms with Gasteiger partial charge in [-0.2, -0.15) is 18.3 Å². The lowest BCUT2D eigenvalue weighted by Crippen LogP contribution is -2.57. The summed E-state index contributed by atoms with van der Waals surface area (Å²) in [7, 11) is -4.05. The first-order valence-corrected chi connectivity index (χ1v) is 8.77. The topological polar surface area (TPSA) is 79.3 Å². The van der Waals surface area contributed by atoms with Crippen LogP contribution in [-0.4, -0.2) is 68.0 Å². The number of rotatable bonds is 6. The van der Waals surface area contributed by atoms with Crippen LogP contribution in [0.2, 0.25) is 0 Å². The van der Waals surface area contributed by atoms with Crippen molar-refractivity contribution in [1.29, 1.82) is 0 Å². The van der Waals surface area contributed by atoms with Crippen molar-refractivity contribution in [2.75, 3.05) is 32.7 Å². The van der Waals surface area contributed by atoms with Crippen LogP contribution in [0, 0.1) is 0 Å². The molecule has 0 aromatic carbocycles. The Morgan fingerprint density at radius 1 is 1.38 bits per heavy atom. The normalized spacial score (nSPS) is 18.2. The Balaban J connectivity index is 0.00000288. The Labute approximate surface area is 145 Å². The summed E-state index contributed by atoms with van der Waals surface area (Å²) in [5, 5.41) is 6.66. The minimum absolute atomic E-state index is 0. The van der Waals surface area contributed by atoms with Gasteiger partial charge < -0.3 is 5.32 Å². The summed E-state index contributed by atoms with van der Waals surface area (Å²) in [4.78, 5) is 1.25. The van der Waals surface area contributed by atoms with Gasteiger partial charge in [-0.3, -0.25) is 9.58 Å². The minimum atomic E-state index is -4.51. The van der Waals surface area contributed by atoms with E-state index in [2.05, 4.69) is 15.1 Å². The van der Waals surface area contributed by atoms with Crippen LogP contribution in [0.4, 0.5) is 13.2 Å². The Kier molecular flexibility index (Phi) is 7.47. The molecule has 1 aromatic rings. The Bertz CT molecular complexity index is 616. The summed E-state index contributed by atoms with van der Waals surface area (Å²) in [6.45, 7) is 2.62. The van der Waals surface area contributed by atoms with Crippen molar-refractivity contribution in [2.45, 2.75) is 30.7 Å². The molecular formula is C12H21ClF3N5O2S. The van der Waals surface area contributed by atoms with Crippen LogP contribution < -0.4 is 10.0 Å². The molecule has 0 radical (unpaired) electrons. The van der Waals surface area contributed by atoms with E-state index in [-0.39, 0.29) is 30.5 Å². The molecule has 2 N–H and O–H groups in total. The third kappa shape index (κ3) is 5.06. The van der Waals surface area contributed by atoms with Crippen LogP contribution in [0.15, 0.2) is 17.3 Å². The van der Waals surface area contributed by atoms with Crippen molar-refractivity contribution in [2.24, 2.45) is 0 Å². The molecule has 1 saturated heterocycles. The van der Waals surface area contributed by atoms with Gasteiger partial charge in [0.2, 0.25) is 0 Å². The van der Waals surface area contributed by atoms with Crippen LogP contribution in [0.3, 0.4) is 0 Å². The highest BCUT2D eigenvalue weighted by Crippen LogP contribution is 2.25. The first kappa shape index (κ1) is 21.2. The summed E-state index contributed by atoms with van der Waals surface area (Å²) in [5.41, 5.74) is 0. The summed E-state index contributed by atoms with van der Waals surface area (Å²) < 4.78 is 67.5. The number of halogens is 4. The molecule has 0 amide bonds. The molecule has 2 heterocycles. The number of hydrogen-bond acceptors (Lipinski definition) is 5. The molecule has 140 valence electrons. The van der Waals surface area contributed by atoms with Gasteiger partial charge in [0, 0.05) is 39.3 Å². The van der Waals surface area contributed by atoms with Crippen molar-refractivity contribution in [3.05, 3.63) is 12.3 Å². The molecule has 1 unspecified atom stereocenters. The highest BCUT2D eigenvalue weighted by Gasteiger charge is 2.44. The molecule has 0 bridgehead atoms. The largest absolute Gasteiger partial charge is 0.405 e. The fourth-order valence-electron chi connectivity index (χ4n) is 2.49. The lowest BCUT2D eigenvalue weighted by atomic mass is 10.2. The molecule has 1 aromatic heterocycles. The predicted octanol–water partition coefficient (Wildman–Crippen LogP) is 0.439. The number of nitrogens with one attached hydrogen (secondary N) is 2. The number of sulfonamides is 1. The molecular weight excluding hydrogens is 371 g/mol. The van der Waals surface area contributed by atoms with Crippen molar-refractivity contribution in [1.82, 2.24) is 24.7 Å². The first-order valence-electron chi connectivity index (χ1n) is 7.28. The average molecular weight is 392 g/mol. The van der Waals surface area contributed by atoms with Gasteiger partial charge in [-0.25, -0.2) is 13.1 Å². The highest BCUT2D eigenvalue weighted by atomic mass is 35.5. The first-order chi connectivity index (χ1) is 10.8. The lowest BCUT2D eigenvalue weighted by molar-refractivity contribution is -0.182. The smallest absolute Gasteiger partial charge is 0.314 e. The fourth-order valence-corrected chi connectivity index (χ4v) is 3.71. The van der Waals surface area contributed by atoms with Crippen LogP contribution in [0.25, 0.3) is 0 Å². The Morgan fingerprint density at radius 3 is 2.54 bits per heavy atom. The van der Waals surface area contributed by atoms with E-state index in [4.69, 9.17) is 0 Å². The quantitative estimate of drug-likeness (QED) is 0.735. The summed E-state index contributed by atoms with van der Waals surface area (Å²) in [6.07, 6.45) is -3.21. The number of aromatic nitrogens is 2. The molecule has 24 heavy (non-hydrogen) atoms. The van der Waals surface area contributed by atoms with Gasteiger partial charge in [0.1, 0.15) is 6.04 Å².